The van der Waals surface area contributed by atoms with Gasteiger partial charge in [0.15, 0.2) is 0 Å². The van der Waals surface area contributed by atoms with Gasteiger partial charge in [-0.25, -0.2) is 4.98 Å². The van der Waals surface area contributed by atoms with E-state index < -0.39 is 0 Å². The Hall–Kier alpha value is 0.0700. The van der Waals surface area contributed by atoms with E-state index in [1.807, 2.05) is 25.1 Å². The number of aryl methyl sites for hydroxylation is 1. The molecule has 2 aromatic rings. The van der Waals surface area contributed by atoms with Crippen molar-refractivity contribution in [3.8, 4) is 0 Å². The predicted molar refractivity (Wildman–Crippen MR) is 69.6 cm³/mol. The summed E-state index contributed by atoms with van der Waals surface area (Å²) in [5.74, 6) is 0. The molecule has 0 aliphatic carbocycles. The SMILES string of the molecule is Cc1nc(Br)c2cccc(Br)c2c1Br. The second kappa shape index (κ2) is 3.91. The Bertz CT molecular complexity index is 508. The average molecular weight is 380 g/mol. The fourth-order valence-corrected chi connectivity index (χ4v) is 3.30. The van der Waals surface area contributed by atoms with Crippen LogP contribution in [0.2, 0.25) is 0 Å². The first-order valence-corrected chi connectivity index (χ1v) is 6.39. The molecule has 0 fully saturated rings. The quantitative estimate of drug-likeness (QED) is 0.597. The van der Waals surface area contributed by atoms with Crippen LogP contribution in [0.1, 0.15) is 5.69 Å². The van der Waals surface area contributed by atoms with Gasteiger partial charge in [-0.05, 0) is 44.8 Å². The van der Waals surface area contributed by atoms with Crippen molar-refractivity contribution in [2.75, 3.05) is 0 Å². The third kappa shape index (κ3) is 1.64. The molecule has 0 bridgehead atoms. The topological polar surface area (TPSA) is 12.9 Å². The molecule has 1 aromatic heterocycles. The third-order valence-corrected chi connectivity index (χ3v) is 4.27. The minimum Gasteiger partial charge on any atom is -0.244 e. The summed E-state index contributed by atoms with van der Waals surface area (Å²) in [4.78, 5) is 4.39. The van der Waals surface area contributed by atoms with Gasteiger partial charge in [0.1, 0.15) is 4.60 Å². The fraction of sp³-hybridized carbons (Fsp3) is 0.100. The number of rotatable bonds is 0. The van der Waals surface area contributed by atoms with Crippen LogP contribution in [0.25, 0.3) is 10.8 Å². The number of nitrogens with zero attached hydrogens (tertiary/aromatic N) is 1. The summed E-state index contributed by atoms with van der Waals surface area (Å²) in [6.07, 6.45) is 0. The number of benzene rings is 1. The summed E-state index contributed by atoms with van der Waals surface area (Å²) in [5.41, 5.74) is 0.983. The molecule has 14 heavy (non-hydrogen) atoms. The molecule has 1 heterocycles. The van der Waals surface area contributed by atoms with Crippen molar-refractivity contribution < 1.29 is 0 Å². The molecular formula is C10H6Br3N. The Morgan fingerprint density at radius 1 is 1.14 bits per heavy atom. The molecule has 0 saturated carbocycles. The highest BCUT2D eigenvalue weighted by Gasteiger charge is 2.09. The molecule has 0 N–H and O–H groups in total. The highest BCUT2D eigenvalue weighted by molar-refractivity contribution is 9.11. The van der Waals surface area contributed by atoms with Crippen LogP contribution in [-0.4, -0.2) is 4.98 Å². The minimum absolute atomic E-state index is 0.884. The first kappa shape index (κ1) is 10.6. The molecule has 0 spiro atoms. The lowest BCUT2D eigenvalue weighted by molar-refractivity contribution is 1.18. The van der Waals surface area contributed by atoms with Gasteiger partial charge < -0.3 is 0 Å². The van der Waals surface area contributed by atoms with Crippen molar-refractivity contribution in [2.24, 2.45) is 0 Å². The molecule has 4 heteroatoms. The Kier molecular flexibility index (Phi) is 2.96. The number of pyridine rings is 1. The van der Waals surface area contributed by atoms with Crippen molar-refractivity contribution in [1.29, 1.82) is 0 Å². The molecule has 1 aromatic carbocycles. The Morgan fingerprint density at radius 2 is 1.86 bits per heavy atom. The van der Waals surface area contributed by atoms with Crippen LogP contribution in [0, 0.1) is 6.92 Å². The monoisotopic (exact) mass is 377 g/mol. The van der Waals surface area contributed by atoms with Gasteiger partial charge in [0.05, 0.1) is 5.69 Å². The Labute approximate surface area is 107 Å². The van der Waals surface area contributed by atoms with E-state index in [0.717, 1.165) is 30.0 Å². The zero-order valence-corrected chi connectivity index (χ0v) is 12.1. The van der Waals surface area contributed by atoms with Crippen LogP contribution >= 0.6 is 47.8 Å². The van der Waals surface area contributed by atoms with Crippen LogP contribution < -0.4 is 0 Å². The molecule has 0 unspecified atom stereocenters. The maximum Gasteiger partial charge on any atom is 0.114 e. The number of aromatic nitrogens is 1. The molecule has 0 saturated heterocycles. The van der Waals surface area contributed by atoms with Gasteiger partial charge >= 0.3 is 0 Å². The largest absolute Gasteiger partial charge is 0.244 e. The molecule has 0 aliphatic rings. The third-order valence-electron chi connectivity index (χ3n) is 2.04. The smallest absolute Gasteiger partial charge is 0.114 e. The molecule has 0 aliphatic heterocycles. The van der Waals surface area contributed by atoms with Gasteiger partial charge in [-0.15, -0.1) is 0 Å². The van der Waals surface area contributed by atoms with Gasteiger partial charge in [-0.3, -0.25) is 0 Å². The lowest BCUT2D eigenvalue weighted by Crippen LogP contribution is -1.88. The number of fused-ring (bicyclic) bond motifs is 1. The molecule has 2 rings (SSSR count). The Balaban J connectivity index is 3.03. The van der Waals surface area contributed by atoms with Gasteiger partial charge in [-0.2, -0.15) is 0 Å². The first-order valence-electron chi connectivity index (χ1n) is 4.01. The average Bonchev–Trinajstić information content (AvgIpc) is 2.14. The zero-order valence-electron chi connectivity index (χ0n) is 7.31. The van der Waals surface area contributed by atoms with Crippen LogP contribution in [0.3, 0.4) is 0 Å². The molecule has 0 atom stereocenters. The predicted octanol–water partition coefficient (Wildman–Crippen LogP) is 4.83. The highest BCUT2D eigenvalue weighted by Crippen LogP contribution is 2.35. The van der Waals surface area contributed by atoms with E-state index in [1.165, 1.54) is 0 Å². The maximum absolute atomic E-state index is 4.39. The van der Waals surface area contributed by atoms with Gasteiger partial charge in [-0.1, -0.05) is 28.1 Å². The van der Waals surface area contributed by atoms with Crippen LogP contribution in [0.5, 0.6) is 0 Å². The second-order valence-electron chi connectivity index (χ2n) is 2.96. The Morgan fingerprint density at radius 3 is 2.57 bits per heavy atom. The summed E-state index contributed by atoms with van der Waals surface area (Å²) < 4.78 is 3.01. The fourth-order valence-electron chi connectivity index (χ4n) is 1.36. The molecule has 1 nitrogen and oxygen atoms in total. The summed E-state index contributed by atoms with van der Waals surface area (Å²) in [5, 5.41) is 2.27. The molecule has 72 valence electrons. The summed E-state index contributed by atoms with van der Waals surface area (Å²) in [6.45, 7) is 1.98. The zero-order chi connectivity index (χ0) is 10.3. The maximum atomic E-state index is 4.39. The number of hydrogen-bond donors (Lipinski definition) is 0. The minimum atomic E-state index is 0.884. The number of hydrogen-bond acceptors (Lipinski definition) is 1. The molecule has 0 amide bonds. The molecule has 0 radical (unpaired) electrons. The molecular weight excluding hydrogens is 374 g/mol. The van der Waals surface area contributed by atoms with E-state index in [9.17, 15) is 0 Å². The highest BCUT2D eigenvalue weighted by atomic mass is 79.9. The standard InChI is InChI=1S/C10H6Br3N/c1-5-9(12)8-6(10(13)14-5)3-2-4-7(8)11/h2-4H,1H3. The lowest BCUT2D eigenvalue weighted by atomic mass is 10.1. The van der Waals surface area contributed by atoms with E-state index in [1.54, 1.807) is 0 Å². The number of halogens is 3. The van der Waals surface area contributed by atoms with Crippen LogP contribution in [0.4, 0.5) is 0 Å². The van der Waals surface area contributed by atoms with Crippen molar-refractivity contribution in [2.45, 2.75) is 6.92 Å². The van der Waals surface area contributed by atoms with E-state index in [2.05, 4.69) is 52.8 Å². The van der Waals surface area contributed by atoms with Crippen LogP contribution in [0.15, 0.2) is 31.7 Å². The van der Waals surface area contributed by atoms with Gasteiger partial charge in [0, 0.05) is 19.7 Å². The normalized spacial score (nSPS) is 10.9. The van der Waals surface area contributed by atoms with E-state index in [0.29, 0.717) is 0 Å². The van der Waals surface area contributed by atoms with Crippen molar-refractivity contribution in [3.05, 3.63) is 37.4 Å². The summed E-state index contributed by atoms with van der Waals surface area (Å²) >= 11 is 10.6. The van der Waals surface area contributed by atoms with Crippen molar-refractivity contribution in [1.82, 2.24) is 4.98 Å². The first-order chi connectivity index (χ1) is 6.61. The second-order valence-corrected chi connectivity index (χ2v) is 5.36. The summed E-state index contributed by atoms with van der Waals surface area (Å²) in [7, 11) is 0. The van der Waals surface area contributed by atoms with Gasteiger partial charge in [0.25, 0.3) is 0 Å². The van der Waals surface area contributed by atoms with E-state index >= 15 is 0 Å². The van der Waals surface area contributed by atoms with Gasteiger partial charge in [0.2, 0.25) is 0 Å². The van der Waals surface area contributed by atoms with Crippen molar-refractivity contribution in [3.63, 3.8) is 0 Å². The van der Waals surface area contributed by atoms with E-state index in [4.69, 9.17) is 0 Å². The lowest BCUT2D eigenvalue weighted by Gasteiger charge is -2.07. The van der Waals surface area contributed by atoms with E-state index in [-0.39, 0.29) is 0 Å². The summed E-state index contributed by atoms with van der Waals surface area (Å²) in [6, 6.07) is 6.07. The van der Waals surface area contributed by atoms with Crippen LogP contribution in [-0.2, 0) is 0 Å². The van der Waals surface area contributed by atoms with Crippen molar-refractivity contribution >= 4 is 58.6 Å².